The highest BCUT2D eigenvalue weighted by Crippen LogP contribution is 2.41. The second-order valence-corrected chi connectivity index (χ2v) is 2.09. The largest absolute Gasteiger partial charge is 0.396 e. The van der Waals surface area contributed by atoms with Gasteiger partial charge in [-0.15, -0.1) is 0 Å². The van der Waals surface area contributed by atoms with E-state index in [-0.39, 0.29) is 0 Å². The first-order valence-corrected chi connectivity index (χ1v) is 2.41. The van der Waals surface area contributed by atoms with Gasteiger partial charge in [0.05, 0.1) is 2.74 Å². The molecule has 1 saturated carbocycles. The third-order valence-corrected chi connectivity index (χ3v) is 1.27. The summed E-state index contributed by atoms with van der Waals surface area (Å²) < 4.78 is 37.4. The van der Waals surface area contributed by atoms with Crippen molar-refractivity contribution in [2.24, 2.45) is 5.92 Å². The molecule has 0 saturated heterocycles. The maximum atomic E-state index is 12.0. The van der Waals surface area contributed by atoms with Gasteiger partial charge in [0.15, 0.2) is 0 Å². The van der Waals surface area contributed by atoms with Crippen molar-refractivity contribution in [1.82, 2.24) is 0 Å². The van der Waals surface area contributed by atoms with Crippen LogP contribution in [-0.2, 0) is 0 Å². The molecule has 0 aromatic rings. The number of halogens is 2. The Bertz CT molecular complexity index is 135. The fraction of sp³-hybridized carbons (Fsp3) is 1.00. The molecule has 48 valence electrons. The average Bonchev–Trinajstić information content (AvgIpc) is 1.56. The predicted molar refractivity (Wildman–Crippen MR) is 24.8 cm³/mol. The minimum atomic E-state index is -2.75. The average molecular weight is 124 g/mol. The Balaban J connectivity index is 2.40. The van der Waals surface area contributed by atoms with Gasteiger partial charge < -0.3 is 5.11 Å². The van der Waals surface area contributed by atoms with E-state index in [0.717, 1.165) is 0 Å². The summed E-state index contributed by atoms with van der Waals surface area (Å²) in [6.07, 6.45) is -1.06. The molecule has 0 bridgehead atoms. The van der Waals surface area contributed by atoms with Gasteiger partial charge in [0.25, 0.3) is 0 Å². The molecule has 0 heterocycles. The van der Waals surface area contributed by atoms with Gasteiger partial charge in [-0.25, -0.2) is 8.78 Å². The van der Waals surface area contributed by atoms with E-state index in [1.54, 1.807) is 0 Å². The van der Waals surface area contributed by atoms with Gasteiger partial charge in [-0.2, -0.15) is 0 Å². The van der Waals surface area contributed by atoms with E-state index in [1.165, 1.54) is 0 Å². The van der Waals surface area contributed by atoms with Crippen LogP contribution in [0.25, 0.3) is 0 Å². The molecule has 3 heteroatoms. The summed E-state index contributed by atoms with van der Waals surface area (Å²) in [5, 5.41) is 8.57. The highest BCUT2D eigenvalue weighted by molar-refractivity contribution is 4.85. The molecule has 1 aliphatic carbocycles. The first kappa shape index (κ1) is 3.77. The van der Waals surface area contributed by atoms with Gasteiger partial charge in [-0.05, 0) is 5.92 Å². The predicted octanol–water partition coefficient (Wildman–Crippen LogP) is 1.02. The monoisotopic (exact) mass is 124 g/mol. The molecule has 1 N–H and O–H groups in total. The Hall–Kier alpha value is -0.180. The van der Waals surface area contributed by atoms with E-state index in [1.807, 2.05) is 0 Å². The number of rotatable bonds is 1. The lowest BCUT2D eigenvalue weighted by Gasteiger charge is -2.33. The molecule has 0 atom stereocenters. The van der Waals surface area contributed by atoms with Crippen molar-refractivity contribution in [2.75, 3.05) is 6.56 Å². The van der Waals surface area contributed by atoms with Crippen LogP contribution >= 0.6 is 0 Å². The Morgan fingerprint density at radius 3 is 2.38 bits per heavy atom. The van der Waals surface area contributed by atoms with Gasteiger partial charge in [0.2, 0.25) is 5.92 Å². The zero-order valence-corrected chi connectivity index (χ0v) is 4.19. The minimum absolute atomic E-state index is 0.531. The maximum Gasteiger partial charge on any atom is 0.248 e. The van der Waals surface area contributed by atoms with Gasteiger partial charge >= 0.3 is 0 Å². The maximum absolute atomic E-state index is 12.0. The Morgan fingerprint density at radius 2 is 2.25 bits per heavy atom. The summed E-state index contributed by atoms with van der Waals surface area (Å²) in [4.78, 5) is 0. The molecule has 0 aromatic carbocycles. The molecule has 8 heavy (non-hydrogen) atoms. The van der Waals surface area contributed by atoms with E-state index in [2.05, 4.69) is 0 Å². The number of hydrogen-bond donors (Lipinski definition) is 1. The van der Waals surface area contributed by atoms with Crippen LogP contribution in [0.3, 0.4) is 0 Å². The third-order valence-electron chi connectivity index (χ3n) is 1.27. The number of hydrogen-bond acceptors (Lipinski definition) is 1. The molecule has 1 aliphatic rings. The van der Waals surface area contributed by atoms with Crippen molar-refractivity contribution in [3.8, 4) is 0 Å². The van der Waals surface area contributed by atoms with Crippen molar-refractivity contribution in [3.05, 3.63) is 0 Å². The molecule has 0 aliphatic heterocycles. The summed E-state index contributed by atoms with van der Waals surface area (Å²) in [7, 11) is 0. The lowest BCUT2D eigenvalue weighted by atomic mass is 9.82. The summed E-state index contributed by atoms with van der Waals surface area (Å²) in [5.41, 5.74) is 0. The topological polar surface area (TPSA) is 20.2 Å². The Labute approximate surface area is 49.1 Å². The standard InChI is InChI=1S/C5H8F2O/c6-5(7)1-4(2-5)3-8/h4,8H,1-3H2/i3D2. The second kappa shape index (κ2) is 1.65. The summed E-state index contributed by atoms with van der Waals surface area (Å²) >= 11 is 0. The van der Waals surface area contributed by atoms with E-state index in [0.29, 0.717) is 0 Å². The van der Waals surface area contributed by atoms with Crippen molar-refractivity contribution in [3.63, 3.8) is 0 Å². The SMILES string of the molecule is [2H]C([2H])(O)C1CC(F)(F)C1. The van der Waals surface area contributed by atoms with E-state index in [9.17, 15) is 8.78 Å². The van der Waals surface area contributed by atoms with Gasteiger partial charge in [0, 0.05) is 19.4 Å². The van der Waals surface area contributed by atoms with Crippen LogP contribution in [0.1, 0.15) is 15.6 Å². The molecule has 0 radical (unpaired) electrons. The molecule has 0 amide bonds. The molecular formula is C5H8F2O. The second-order valence-electron chi connectivity index (χ2n) is 2.09. The molecule has 0 spiro atoms. The van der Waals surface area contributed by atoms with E-state index in [4.69, 9.17) is 7.85 Å². The van der Waals surface area contributed by atoms with Gasteiger partial charge in [0.1, 0.15) is 0 Å². The van der Waals surface area contributed by atoms with Crippen LogP contribution in [-0.4, -0.2) is 17.6 Å². The van der Waals surface area contributed by atoms with Crippen LogP contribution in [0.5, 0.6) is 0 Å². The van der Waals surface area contributed by atoms with Gasteiger partial charge in [-0.1, -0.05) is 0 Å². The molecule has 1 fully saturated rings. The fourth-order valence-corrected chi connectivity index (χ4v) is 0.752. The minimum Gasteiger partial charge on any atom is -0.396 e. The molecule has 0 unspecified atom stereocenters. The first-order valence-electron chi connectivity index (χ1n) is 3.41. The molecule has 1 rings (SSSR count). The van der Waals surface area contributed by atoms with Crippen molar-refractivity contribution < 1.29 is 16.6 Å². The smallest absolute Gasteiger partial charge is 0.248 e. The molecule has 1 nitrogen and oxygen atoms in total. The van der Waals surface area contributed by atoms with Crippen molar-refractivity contribution in [1.29, 1.82) is 0 Å². The third kappa shape index (κ3) is 0.968. The zero-order chi connectivity index (χ0) is 7.99. The highest BCUT2D eigenvalue weighted by Gasteiger charge is 2.44. The normalized spacial score (nSPS) is 32.9. The summed E-state index contributed by atoms with van der Waals surface area (Å²) in [5.74, 6) is -3.64. The summed E-state index contributed by atoms with van der Waals surface area (Å²) in [6.45, 7) is -2.43. The Morgan fingerprint density at radius 1 is 1.75 bits per heavy atom. The van der Waals surface area contributed by atoms with Crippen LogP contribution in [0, 0.1) is 5.92 Å². The Kier molecular flexibility index (Phi) is 0.780. The van der Waals surface area contributed by atoms with Crippen LogP contribution < -0.4 is 0 Å². The lowest BCUT2D eigenvalue weighted by Crippen LogP contribution is -2.37. The van der Waals surface area contributed by atoms with Crippen LogP contribution in [0.4, 0.5) is 8.78 Å². The van der Waals surface area contributed by atoms with Crippen LogP contribution in [0.2, 0.25) is 0 Å². The zero-order valence-electron chi connectivity index (χ0n) is 6.19. The number of alkyl halides is 2. The van der Waals surface area contributed by atoms with Crippen LogP contribution in [0.15, 0.2) is 0 Å². The fourth-order valence-electron chi connectivity index (χ4n) is 0.752. The first-order chi connectivity index (χ1) is 4.31. The summed E-state index contributed by atoms with van der Waals surface area (Å²) in [6, 6.07) is 0. The lowest BCUT2D eigenvalue weighted by molar-refractivity contribution is -0.121. The highest BCUT2D eigenvalue weighted by atomic mass is 19.3. The number of aliphatic hydroxyl groups is 1. The van der Waals surface area contributed by atoms with Crippen molar-refractivity contribution in [2.45, 2.75) is 18.8 Å². The van der Waals surface area contributed by atoms with Crippen molar-refractivity contribution >= 4 is 0 Å². The molecule has 0 aromatic heterocycles. The molecular weight excluding hydrogens is 114 g/mol. The van der Waals surface area contributed by atoms with E-state index < -0.39 is 31.2 Å². The van der Waals surface area contributed by atoms with Gasteiger partial charge in [-0.3, -0.25) is 0 Å². The quantitative estimate of drug-likeness (QED) is 0.553. The van der Waals surface area contributed by atoms with E-state index >= 15 is 0 Å².